The number of rotatable bonds is 4. The smallest absolute Gasteiger partial charge is 0.0655 e. The maximum atomic E-state index is 4.50. The highest BCUT2D eigenvalue weighted by atomic mass is 32.2. The van der Waals surface area contributed by atoms with Crippen molar-refractivity contribution in [2.75, 3.05) is 5.32 Å². The van der Waals surface area contributed by atoms with Crippen molar-refractivity contribution in [3.8, 4) is 0 Å². The van der Waals surface area contributed by atoms with E-state index in [1.54, 1.807) is 11.8 Å². The van der Waals surface area contributed by atoms with Crippen molar-refractivity contribution >= 4 is 40.8 Å². The standard InChI is InChI=1S/C21H19N3S2/c1-14-7-10-17(11-8-14)26-24-23-15(2)16-9-12-21-19(13-16)22-18-5-3-4-6-20(18)25-21/h3-13,22,24H,1-2H3/b23-15+. The molecule has 3 aromatic carbocycles. The summed E-state index contributed by atoms with van der Waals surface area (Å²) in [4.78, 5) is 6.74. The second-order valence-electron chi connectivity index (χ2n) is 6.14. The molecule has 0 amide bonds. The molecular weight excluding hydrogens is 358 g/mol. The Balaban J connectivity index is 1.47. The number of fused-ring (bicyclic) bond motifs is 2. The molecule has 0 saturated carbocycles. The van der Waals surface area contributed by atoms with Crippen molar-refractivity contribution in [1.29, 1.82) is 0 Å². The van der Waals surface area contributed by atoms with Gasteiger partial charge < -0.3 is 5.32 Å². The molecule has 0 radical (unpaired) electrons. The third-order valence-corrected chi connectivity index (χ3v) is 6.01. The highest BCUT2D eigenvalue weighted by Gasteiger charge is 2.15. The Kier molecular flexibility index (Phi) is 4.91. The lowest BCUT2D eigenvalue weighted by molar-refractivity contribution is 1.10. The van der Waals surface area contributed by atoms with E-state index in [-0.39, 0.29) is 0 Å². The first kappa shape index (κ1) is 17.1. The van der Waals surface area contributed by atoms with Crippen LogP contribution in [-0.4, -0.2) is 5.71 Å². The molecule has 3 nitrogen and oxygen atoms in total. The molecule has 0 spiro atoms. The van der Waals surface area contributed by atoms with Gasteiger partial charge in [0.05, 0.1) is 17.1 Å². The van der Waals surface area contributed by atoms with Gasteiger partial charge in [-0.2, -0.15) is 5.10 Å². The second-order valence-corrected chi connectivity index (χ2v) is 8.08. The van der Waals surface area contributed by atoms with Crippen molar-refractivity contribution in [2.24, 2.45) is 5.10 Å². The number of nitrogens with one attached hydrogen (secondary N) is 2. The topological polar surface area (TPSA) is 36.4 Å². The zero-order chi connectivity index (χ0) is 17.9. The fourth-order valence-corrected chi connectivity index (χ4v) is 4.21. The van der Waals surface area contributed by atoms with E-state index >= 15 is 0 Å². The number of nitrogens with zero attached hydrogens (tertiary/aromatic N) is 1. The van der Waals surface area contributed by atoms with Gasteiger partial charge >= 0.3 is 0 Å². The van der Waals surface area contributed by atoms with Crippen molar-refractivity contribution in [2.45, 2.75) is 28.5 Å². The Morgan fingerprint density at radius 2 is 1.73 bits per heavy atom. The maximum absolute atomic E-state index is 4.50. The summed E-state index contributed by atoms with van der Waals surface area (Å²) in [7, 11) is 0. The molecule has 26 heavy (non-hydrogen) atoms. The predicted molar refractivity (Wildman–Crippen MR) is 113 cm³/mol. The van der Waals surface area contributed by atoms with Crippen LogP contribution in [-0.2, 0) is 0 Å². The fraction of sp³-hybridized carbons (Fsp3) is 0.0952. The normalized spacial score (nSPS) is 12.8. The lowest BCUT2D eigenvalue weighted by Gasteiger charge is -2.21. The van der Waals surface area contributed by atoms with Crippen LogP contribution in [0, 0.1) is 6.92 Å². The van der Waals surface area contributed by atoms with Crippen LogP contribution in [0.25, 0.3) is 0 Å². The molecule has 2 N–H and O–H groups in total. The Labute approximate surface area is 162 Å². The summed E-state index contributed by atoms with van der Waals surface area (Å²) < 4.78 is 0. The maximum Gasteiger partial charge on any atom is 0.0655 e. The van der Waals surface area contributed by atoms with Crippen LogP contribution in [0.5, 0.6) is 0 Å². The van der Waals surface area contributed by atoms with E-state index in [2.05, 4.69) is 88.9 Å². The molecule has 0 bridgehead atoms. The number of benzene rings is 3. The minimum absolute atomic E-state index is 0.957. The van der Waals surface area contributed by atoms with Crippen LogP contribution in [0.15, 0.2) is 86.5 Å². The van der Waals surface area contributed by atoms with Crippen LogP contribution in [0.4, 0.5) is 11.4 Å². The van der Waals surface area contributed by atoms with E-state index in [9.17, 15) is 0 Å². The summed E-state index contributed by atoms with van der Waals surface area (Å²) in [5.41, 5.74) is 5.61. The molecule has 0 unspecified atom stereocenters. The van der Waals surface area contributed by atoms with Gasteiger partial charge in [0, 0.05) is 26.6 Å². The molecule has 1 heterocycles. The number of hydrogen-bond acceptors (Lipinski definition) is 5. The van der Waals surface area contributed by atoms with Gasteiger partial charge in [-0.15, -0.1) is 0 Å². The number of aryl methyl sites for hydroxylation is 1. The molecule has 3 aromatic rings. The third-order valence-electron chi connectivity index (χ3n) is 4.17. The zero-order valence-corrected chi connectivity index (χ0v) is 16.2. The Morgan fingerprint density at radius 3 is 2.58 bits per heavy atom. The summed E-state index contributed by atoms with van der Waals surface area (Å²) in [6.07, 6.45) is 0. The van der Waals surface area contributed by atoms with Gasteiger partial charge in [0.1, 0.15) is 0 Å². The van der Waals surface area contributed by atoms with Gasteiger partial charge in [0.25, 0.3) is 0 Å². The molecule has 0 aromatic heterocycles. The first-order valence-corrected chi connectivity index (χ1v) is 10.0. The molecule has 5 heteroatoms. The quantitative estimate of drug-likeness (QED) is 0.251. The molecule has 0 atom stereocenters. The first-order chi connectivity index (χ1) is 12.7. The monoisotopic (exact) mass is 377 g/mol. The van der Waals surface area contributed by atoms with Crippen molar-refractivity contribution < 1.29 is 0 Å². The van der Waals surface area contributed by atoms with Gasteiger partial charge in [0.2, 0.25) is 0 Å². The average molecular weight is 378 g/mol. The Bertz CT molecular complexity index is 965. The van der Waals surface area contributed by atoms with Crippen LogP contribution in [0.2, 0.25) is 0 Å². The van der Waals surface area contributed by atoms with Crippen LogP contribution in [0.1, 0.15) is 18.1 Å². The largest absolute Gasteiger partial charge is 0.354 e. The van der Waals surface area contributed by atoms with Crippen LogP contribution in [0.3, 0.4) is 0 Å². The molecule has 4 rings (SSSR count). The lowest BCUT2D eigenvalue weighted by atomic mass is 10.1. The van der Waals surface area contributed by atoms with E-state index in [1.807, 2.05) is 6.92 Å². The van der Waals surface area contributed by atoms with Gasteiger partial charge in [-0.25, -0.2) is 4.83 Å². The number of hydrazone groups is 1. The summed E-state index contributed by atoms with van der Waals surface area (Å²) in [6, 6.07) is 23.2. The number of para-hydroxylation sites is 1. The summed E-state index contributed by atoms with van der Waals surface area (Å²) in [5.74, 6) is 0. The minimum atomic E-state index is 0.957. The molecule has 0 aliphatic carbocycles. The van der Waals surface area contributed by atoms with E-state index < -0.39 is 0 Å². The van der Waals surface area contributed by atoms with Gasteiger partial charge in [-0.05, 0) is 55.8 Å². The van der Waals surface area contributed by atoms with E-state index in [0.717, 1.165) is 27.5 Å². The minimum Gasteiger partial charge on any atom is -0.354 e. The fourth-order valence-electron chi connectivity index (χ4n) is 2.68. The van der Waals surface area contributed by atoms with Gasteiger partial charge in [0.15, 0.2) is 0 Å². The summed E-state index contributed by atoms with van der Waals surface area (Å²) >= 11 is 3.31. The average Bonchev–Trinajstić information content (AvgIpc) is 2.67. The Morgan fingerprint density at radius 1 is 0.962 bits per heavy atom. The van der Waals surface area contributed by atoms with Gasteiger partial charge in [-0.1, -0.05) is 47.7 Å². The molecule has 0 fully saturated rings. The van der Waals surface area contributed by atoms with Crippen molar-refractivity contribution in [3.05, 3.63) is 77.9 Å². The van der Waals surface area contributed by atoms with E-state index in [0.29, 0.717) is 0 Å². The highest BCUT2D eigenvalue weighted by molar-refractivity contribution is 7.99. The van der Waals surface area contributed by atoms with Gasteiger partial charge in [-0.3, -0.25) is 0 Å². The van der Waals surface area contributed by atoms with Crippen molar-refractivity contribution in [3.63, 3.8) is 0 Å². The zero-order valence-electron chi connectivity index (χ0n) is 14.6. The van der Waals surface area contributed by atoms with E-state index in [1.165, 1.54) is 27.3 Å². The summed E-state index contributed by atoms with van der Waals surface area (Å²) in [6.45, 7) is 4.11. The number of hydrogen-bond donors (Lipinski definition) is 2. The SMILES string of the molecule is C/C(=N\NSc1ccc(C)cc1)c1ccc2c(c1)Nc1ccccc1S2. The highest BCUT2D eigenvalue weighted by Crippen LogP contribution is 2.44. The third kappa shape index (κ3) is 3.74. The second kappa shape index (κ2) is 7.48. The molecule has 0 saturated heterocycles. The first-order valence-electron chi connectivity index (χ1n) is 8.40. The van der Waals surface area contributed by atoms with Crippen LogP contribution < -0.4 is 10.1 Å². The lowest BCUT2D eigenvalue weighted by Crippen LogP contribution is -2.05. The molecular formula is C21H19N3S2. The number of anilines is 2. The molecule has 130 valence electrons. The Hall–Kier alpha value is -2.37. The predicted octanol–water partition coefficient (Wildman–Crippen LogP) is 6.22. The van der Waals surface area contributed by atoms with Crippen LogP contribution >= 0.6 is 23.7 Å². The molecule has 1 aliphatic rings. The molecule has 1 aliphatic heterocycles. The van der Waals surface area contributed by atoms with Crippen molar-refractivity contribution in [1.82, 2.24) is 4.83 Å². The summed E-state index contributed by atoms with van der Waals surface area (Å²) in [5, 5.41) is 8.02. The van der Waals surface area contributed by atoms with E-state index in [4.69, 9.17) is 0 Å².